The summed E-state index contributed by atoms with van der Waals surface area (Å²) in [5.74, 6) is 0. The van der Waals surface area contributed by atoms with Gasteiger partial charge in [0.1, 0.15) is 0 Å². The Kier molecular flexibility index (Phi) is 3.05. The number of nitrogens with zero attached hydrogens (tertiary/aromatic N) is 1. The fourth-order valence-corrected chi connectivity index (χ4v) is 2.20. The highest BCUT2D eigenvalue weighted by Crippen LogP contribution is 2.27. The van der Waals surface area contributed by atoms with Crippen molar-refractivity contribution in [1.29, 1.82) is 0 Å². The molecule has 0 amide bonds. The van der Waals surface area contributed by atoms with Crippen LogP contribution in [0.1, 0.15) is 18.6 Å². The highest BCUT2D eigenvalue weighted by atomic mass is 32.2. The second-order valence-corrected chi connectivity index (χ2v) is 4.70. The number of aliphatic hydroxyl groups excluding tert-OH is 1. The minimum atomic E-state index is -0.421. The molecule has 1 atom stereocenters. The van der Waals surface area contributed by atoms with E-state index in [2.05, 4.69) is 4.98 Å². The van der Waals surface area contributed by atoms with Crippen molar-refractivity contribution in [3.05, 3.63) is 23.9 Å². The average molecular weight is 211 g/mol. The van der Waals surface area contributed by atoms with Gasteiger partial charge in [0.15, 0.2) is 0 Å². The van der Waals surface area contributed by atoms with Crippen molar-refractivity contribution >= 4 is 11.8 Å². The minimum Gasteiger partial charge on any atom is -0.389 e. The molecule has 0 aromatic carbocycles. The monoisotopic (exact) mass is 211 g/mol. The highest BCUT2D eigenvalue weighted by Gasteiger charge is 2.20. The molecule has 0 radical (unpaired) electrons. The quantitative estimate of drug-likeness (QED) is 0.825. The first-order chi connectivity index (χ1) is 6.75. The first-order valence-electron chi connectivity index (χ1n) is 4.64. The van der Waals surface area contributed by atoms with Crippen LogP contribution in [0.25, 0.3) is 0 Å². The molecule has 2 heterocycles. The van der Waals surface area contributed by atoms with Crippen LogP contribution in [0, 0.1) is 0 Å². The van der Waals surface area contributed by atoms with Gasteiger partial charge < -0.3 is 9.84 Å². The predicted molar refractivity (Wildman–Crippen MR) is 55.3 cm³/mol. The molecule has 1 aliphatic rings. The van der Waals surface area contributed by atoms with E-state index in [0.29, 0.717) is 5.25 Å². The molecule has 1 aromatic heterocycles. The van der Waals surface area contributed by atoms with Gasteiger partial charge in [-0.3, -0.25) is 0 Å². The van der Waals surface area contributed by atoms with Gasteiger partial charge in [-0.2, -0.15) is 0 Å². The van der Waals surface area contributed by atoms with E-state index >= 15 is 0 Å². The summed E-state index contributed by atoms with van der Waals surface area (Å²) in [5.41, 5.74) is 0.919. The Bertz CT molecular complexity index is 313. The Morgan fingerprint density at radius 3 is 3.00 bits per heavy atom. The van der Waals surface area contributed by atoms with E-state index in [0.717, 1.165) is 23.8 Å². The van der Waals surface area contributed by atoms with Crippen molar-refractivity contribution in [2.24, 2.45) is 0 Å². The van der Waals surface area contributed by atoms with E-state index in [9.17, 15) is 5.11 Å². The molecule has 0 unspecified atom stereocenters. The van der Waals surface area contributed by atoms with Crippen molar-refractivity contribution in [2.75, 3.05) is 13.2 Å². The molecule has 1 aliphatic heterocycles. The third kappa shape index (κ3) is 2.26. The SMILES string of the molecule is C[C@H](O)c1ccnc(SC2COC2)c1. The Labute approximate surface area is 87.5 Å². The van der Waals surface area contributed by atoms with Gasteiger partial charge in [-0.15, -0.1) is 0 Å². The summed E-state index contributed by atoms with van der Waals surface area (Å²) in [4.78, 5) is 4.24. The van der Waals surface area contributed by atoms with Crippen LogP contribution in [-0.2, 0) is 4.74 Å². The number of ether oxygens (including phenoxy) is 1. The summed E-state index contributed by atoms with van der Waals surface area (Å²) in [6, 6.07) is 3.78. The van der Waals surface area contributed by atoms with Gasteiger partial charge in [0.05, 0.1) is 29.6 Å². The van der Waals surface area contributed by atoms with Crippen molar-refractivity contribution in [2.45, 2.75) is 23.3 Å². The van der Waals surface area contributed by atoms with Crippen molar-refractivity contribution in [3.8, 4) is 0 Å². The number of hydrogen-bond acceptors (Lipinski definition) is 4. The summed E-state index contributed by atoms with van der Waals surface area (Å²) >= 11 is 1.71. The van der Waals surface area contributed by atoms with E-state index < -0.39 is 6.10 Å². The minimum absolute atomic E-state index is 0.421. The van der Waals surface area contributed by atoms with Crippen LogP contribution in [0.3, 0.4) is 0 Å². The fourth-order valence-electron chi connectivity index (χ4n) is 1.20. The molecule has 3 nitrogen and oxygen atoms in total. The maximum absolute atomic E-state index is 9.39. The molecule has 0 spiro atoms. The van der Waals surface area contributed by atoms with Crippen LogP contribution >= 0.6 is 11.8 Å². The number of hydrogen-bond donors (Lipinski definition) is 1. The lowest BCUT2D eigenvalue weighted by atomic mass is 10.2. The standard InChI is InChI=1S/C10H13NO2S/c1-7(12)8-2-3-11-10(4-8)14-9-5-13-6-9/h2-4,7,9,12H,5-6H2,1H3/t7-/m0/s1. The maximum Gasteiger partial charge on any atom is 0.0967 e. The lowest BCUT2D eigenvalue weighted by molar-refractivity contribution is 0.0454. The first kappa shape index (κ1) is 9.96. The Hall–Kier alpha value is -0.580. The van der Waals surface area contributed by atoms with Crippen molar-refractivity contribution in [3.63, 3.8) is 0 Å². The van der Waals surface area contributed by atoms with Crippen molar-refractivity contribution in [1.82, 2.24) is 4.98 Å². The molecule has 1 fully saturated rings. The summed E-state index contributed by atoms with van der Waals surface area (Å²) < 4.78 is 5.09. The number of pyridine rings is 1. The Morgan fingerprint density at radius 2 is 2.43 bits per heavy atom. The molecule has 2 rings (SSSR count). The third-order valence-electron chi connectivity index (χ3n) is 2.14. The summed E-state index contributed by atoms with van der Waals surface area (Å²) in [6.45, 7) is 3.38. The zero-order valence-electron chi connectivity index (χ0n) is 8.01. The normalized spacial score (nSPS) is 19.0. The first-order valence-corrected chi connectivity index (χ1v) is 5.52. The van der Waals surface area contributed by atoms with Gasteiger partial charge in [0.25, 0.3) is 0 Å². The van der Waals surface area contributed by atoms with Gasteiger partial charge in [-0.1, -0.05) is 11.8 Å². The summed E-state index contributed by atoms with van der Waals surface area (Å²) in [7, 11) is 0. The molecule has 0 bridgehead atoms. The fraction of sp³-hybridized carbons (Fsp3) is 0.500. The lowest BCUT2D eigenvalue weighted by Crippen LogP contribution is -2.30. The van der Waals surface area contributed by atoms with E-state index in [1.165, 1.54) is 0 Å². The predicted octanol–water partition coefficient (Wildman–Crippen LogP) is 1.63. The van der Waals surface area contributed by atoms with E-state index in [-0.39, 0.29) is 0 Å². The topological polar surface area (TPSA) is 42.4 Å². The van der Waals surface area contributed by atoms with Gasteiger partial charge >= 0.3 is 0 Å². The van der Waals surface area contributed by atoms with Gasteiger partial charge in [-0.05, 0) is 24.6 Å². The lowest BCUT2D eigenvalue weighted by Gasteiger charge is -2.24. The number of thioether (sulfide) groups is 1. The third-order valence-corrected chi connectivity index (χ3v) is 3.21. The van der Waals surface area contributed by atoms with Crippen LogP contribution in [0.5, 0.6) is 0 Å². The molecular formula is C10H13NO2S. The van der Waals surface area contributed by atoms with Gasteiger partial charge in [0, 0.05) is 6.20 Å². The van der Waals surface area contributed by atoms with E-state index in [1.807, 2.05) is 12.1 Å². The van der Waals surface area contributed by atoms with Gasteiger partial charge in [0.2, 0.25) is 0 Å². The van der Waals surface area contributed by atoms with Crippen LogP contribution in [-0.4, -0.2) is 28.6 Å². The van der Waals surface area contributed by atoms with Crippen LogP contribution < -0.4 is 0 Å². The summed E-state index contributed by atoms with van der Waals surface area (Å²) in [6.07, 6.45) is 1.32. The summed E-state index contributed by atoms with van der Waals surface area (Å²) in [5, 5.41) is 10.9. The van der Waals surface area contributed by atoms with E-state index in [4.69, 9.17) is 4.74 Å². The van der Waals surface area contributed by atoms with E-state index in [1.54, 1.807) is 24.9 Å². The largest absolute Gasteiger partial charge is 0.389 e. The zero-order chi connectivity index (χ0) is 9.97. The average Bonchev–Trinajstić information content (AvgIpc) is 2.12. The molecule has 1 saturated heterocycles. The van der Waals surface area contributed by atoms with Crippen LogP contribution in [0.4, 0.5) is 0 Å². The Balaban J connectivity index is 2.05. The maximum atomic E-state index is 9.39. The highest BCUT2D eigenvalue weighted by molar-refractivity contribution is 8.00. The zero-order valence-corrected chi connectivity index (χ0v) is 8.83. The molecule has 0 saturated carbocycles. The number of aromatic nitrogens is 1. The molecular weight excluding hydrogens is 198 g/mol. The second kappa shape index (κ2) is 4.29. The van der Waals surface area contributed by atoms with Crippen molar-refractivity contribution < 1.29 is 9.84 Å². The molecule has 0 aliphatic carbocycles. The number of aliphatic hydroxyl groups is 1. The van der Waals surface area contributed by atoms with Gasteiger partial charge in [-0.25, -0.2) is 4.98 Å². The smallest absolute Gasteiger partial charge is 0.0967 e. The molecule has 76 valence electrons. The molecule has 1 N–H and O–H groups in total. The molecule has 4 heteroatoms. The molecule has 14 heavy (non-hydrogen) atoms. The van der Waals surface area contributed by atoms with Crippen LogP contribution in [0.15, 0.2) is 23.4 Å². The Morgan fingerprint density at radius 1 is 1.64 bits per heavy atom. The molecule has 1 aromatic rings. The second-order valence-electron chi connectivity index (χ2n) is 3.38. The van der Waals surface area contributed by atoms with Crippen LogP contribution in [0.2, 0.25) is 0 Å². The number of rotatable bonds is 3.